The Kier molecular flexibility index (Phi) is 6.75. The molecular formula is C16H23NO5S. The molecule has 0 spiro atoms. The first-order valence-electron chi connectivity index (χ1n) is 7.55. The van der Waals surface area contributed by atoms with Gasteiger partial charge in [-0.1, -0.05) is 27.2 Å². The van der Waals surface area contributed by atoms with Gasteiger partial charge in [-0.25, -0.2) is 13.2 Å². The van der Waals surface area contributed by atoms with E-state index in [9.17, 15) is 18.0 Å². The van der Waals surface area contributed by atoms with Crippen LogP contribution in [0.15, 0.2) is 29.2 Å². The summed E-state index contributed by atoms with van der Waals surface area (Å²) >= 11 is 0. The van der Waals surface area contributed by atoms with Crippen LogP contribution < -0.4 is 5.32 Å². The van der Waals surface area contributed by atoms with Crippen LogP contribution in [0.2, 0.25) is 0 Å². The molecule has 0 unspecified atom stereocenters. The Labute approximate surface area is 136 Å². The van der Waals surface area contributed by atoms with Gasteiger partial charge < -0.3 is 10.4 Å². The lowest BCUT2D eigenvalue weighted by molar-refractivity contribution is -0.140. The van der Waals surface area contributed by atoms with E-state index in [2.05, 4.69) is 5.32 Å². The molecule has 0 heterocycles. The van der Waals surface area contributed by atoms with Crippen LogP contribution in [0.25, 0.3) is 0 Å². The van der Waals surface area contributed by atoms with Gasteiger partial charge in [0.05, 0.1) is 10.6 Å². The smallest absolute Gasteiger partial charge is 0.326 e. The molecule has 1 atom stereocenters. The predicted molar refractivity (Wildman–Crippen MR) is 87.1 cm³/mol. The largest absolute Gasteiger partial charge is 0.480 e. The first-order valence-corrected chi connectivity index (χ1v) is 9.20. The topological polar surface area (TPSA) is 101 Å². The molecule has 1 aromatic carbocycles. The fourth-order valence-electron chi connectivity index (χ4n) is 2.00. The third-order valence-corrected chi connectivity index (χ3v) is 5.28. The summed E-state index contributed by atoms with van der Waals surface area (Å²) in [6, 6.07) is 4.56. The molecule has 0 fully saturated rings. The van der Waals surface area contributed by atoms with E-state index in [1.807, 2.05) is 6.92 Å². The average Bonchev–Trinajstić information content (AvgIpc) is 2.49. The Morgan fingerprint density at radius 1 is 1.17 bits per heavy atom. The third kappa shape index (κ3) is 5.35. The van der Waals surface area contributed by atoms with Crippen LogP contribution in [0.4, 0.5) is 0 Å². The van der Waals surface area contributed by atoms with Crippen LogP contribution in [0.5, 0.6) is 0 Å². The molecule has 0 radical (unpaired) electrons. The van der Waals surface area contributed by atoms with Gasteiger partial charge in [-0.15, -0.1) is 0 Å². The van der Waals surface area contributed by atoms with Crippen molar-refractivity contribution in [1.29, 1.82) is 0 Å². The highest BCUT2D eigenvalue weighted by molar-refractivity contribution is 7.91. The van der Waals surface area contributed by atoms with E-state index in [1.54, 1.807) is 13.8 Å². The second-order valence-corrected chi connectivity index (χ2v) is 7.84. The Bertz CT molecular complexity index is 650. The molecule has 2 N–H and O–H groups in total. The third-order valence-electron chi connectivity index (χ3n) is 3.46. The summed E-state index contributed by atoms with van der Waals surface area (Å²) in [5, 5.41) is 11.5. The van der Waals surface area contributed by atoms with Crippen LogP contribution in [0, 0.1) is 5.92 Å². The number of sulfone groups is 1. The minimum absolute atomic E-state index is 0.0729. The lowest BCUT2D eigenvalue weighted by Crippen LogP contribution is -2.44. The average molecular weight is 341 g/mol. The fraction of sp³-hybridized carbons (Fsp3) is 0.500. The number of carbonyl (C=O) groups is 2. The molecular weight excluding hydrogens is 318 g/mol. The molecule has 0 bridgehead atoms. The van der Waals surface area contributed by atoms with Crippen LogP contribution >= 0.6 is 0 Å². The van der Waals surface area contributed by atoms with E-state index in [0.29, 0.717) is 6.42 Å². The number of hydrogen-bond acceptors (Lipinski definition) is 4. The van der Waals surface area contributed by atoms with Crippen molar-refractivity contribution in [2.24, 2.45) is 5.92 Å². The predicted octanol–water partition coefficient (Wildman–Crippen LogP) is 2.10. The van der Waals surface area contributed by atoms with E-state index in [-0.39, 0.29) is 22.1 Å². The molecule has 128 valence electrons. The van der Waals surface area contributed by atoms with Gasteiger partial charge in [0.25, 0.3) is 5.91 Å². The molecule has 0 aliphatic carbocycles. The first kappa shape index (κ1) is 19.2. The van der Waals surface area contributed by atoms with Crippen molar-refractivity contribution in [3.8, 4) is 0 Å². The standard InChI is InChI=1S/C16H23NO5S/c1-4-5-10-23(21,22)13-8-6-12(7-9-13)15(18)17-14(11(2)3)16(19)20/h6-9,11,14H,4-5,10H2,1-3H3,(H,17,18)(H,19,20)/t14-/m1/s1. The van der Waals surface area contributed by atoms with Crippen LogP contribution in [0.3, 0.4) is 0 Å². The number of amides is 1. The molecule has 1 aromatic rings. The van der Waals surface area contributed by atoms with Gasteiger partial charge >= 0.3 is 5.97 Å². The molecule has 0 aromatic heterocycles. The van der Waals surface area contributed by atoms with Gasteiger partial charge in [-0.05, 0) is 36.6 Å². The maximum atomic E-state index is 12.1. The van der Waals surface area contributed by atoms with E-state index in [0.717, 1.165) is 6.42 Å². The summed E-state index contributed by atoms with van der Waals surface area (Å²) in [5.41, 5.74) is 0.228. The summed E-state index contributed by atoms with van der Waals surface area (Å²) in [6.45, 7) is 5.31. The normalized spacial score (nSPS) is 12.9. The van der Waals surface area contributed by atoms with Crippen molar-refractivity contribution in [3.05, 3.63) is 29.8 Å². The quantitative estimate of drug-likeness (QED) is 0.754. The lowest BCUT2D eigenvalue weighted by Gasteiger charge is -2.17. The van der Waals surface area contributed by atoms with Crippen LogP contribution in [0.1, 0.15) is 44.0 Å². The highest BCUT2D eigenvalue weighted by atomic mass is 32.2. The summed E-state index contributed by atoms with van der Waals surface area (Å²) < 4.78 is 24.1. The molecule has 7 heteroatoms. The van der Waals surface area contributed by atoms with Crippen molar-refractivity contribution < 1.29 is 23.1 Å². The highest BCUT2D eigenvalue weighted by Gasteiger charge is 2.24. The Morgan fingerprint density at radius 3 is 2.17 bits per heavy atom. The minimum Gasteiger partial charge on any atom is -0.480 e. The van der Waals surface area contributed by atoms with Gasteiger partial charge in [0.2, 0.25) is 0 Å². The van der Waals surface area contributed by atoms with Gasteiger partial charge in [0.15, 0.2) is 9.84 Å². The second kappa shape index (κ2) is 8.10. The Morgan fingerprint density at radius 2 is 1.74 bits per heavy atom. The van der Waals surface area contributed by atoms with Crippen molar-refractivity contribution in [2.75, 3.05) is 5.75 Å². The molecule has 0 aliphatic rings. The monoisotopic (exact) mass is 341 g/mol. The summed E-state index contributed by atoms with van der Waals surface area (Å²) in [5.74, 6) is -1.83. The molecule has 23 heavy (non-hydrogen) atoms. The number of benzene rings is 1. The molecule has 0 aliphatic heterocycles. The number of hydrogen-bond donors (Lipinski definition) is 2. The number of unbranched alkanes of at least 4 members (excludes halogenated alkanes) is 1. The number of aliphatic carboxylic acids is 1. The van der Waals surface area contributed by atoms with E-state index in [4.69, 9.17) is 5.11 Å². The van der Waals surface area contributed by atoms with Crippen molar-refractivity contribution in [1.82, 2.24) is 5.32 Å². The summed E-state index contributed by atoms with van der Waals surface area (Å²) in [6.07, 6.45) is 1.37. The van der Waals surface area contributed by atoms with E-state index in [1.165, 1.54) is 24.3 Å². The second-order valence-electron chi connectivity index (χ2n) is 5.73. The Hall–Kier alpha value is -1.89. The zero-order chi connectivity index (χ0) is 17.6. The number of rotatable bonds is 8. The molecule has 0 saturated carbocycles. The maximum Gasteiger partial charge on any atom is 0.326 e. The van der Waals surface area contributed by atoms with Gasteiger partial charge in [-0.3, -0.25) is 4.79 Å². The number of carboxylic acids is 1. The van der Waals surface area contributed by atoms with Gasteiger partial charge in [0, 0.05) is 5.56 Å². The van der Waals surface area contributed by atoms with Crippen LogP contribution in [-0.4, -0.2) is 37.2 Å². The fourth-order valence-corrected chi connectivity index (χ4v) is 3.46. The number of nitrogens with one attached hydrogen (secondary N) is 1. The van der Waals surface area contributed by atoms with Crippen molar-refractivity contribution in [2.45, 2.75) is 44.6 Å². The summed E-state index contributed by atoms with van der Waals surface area (Å²) in [4.78, 5) is 23.3. The van der Waals surface area contributed by atoms with Gasteiger partial charge in [0.1, 0.15) is 6.04 Å². The first-order chi connectivity index (χ1) is 10.7. The molecule has 0 saturated heterocycles. The lowest BCUT2D eigenvalue weighted by atomic mass is 10.0. The van der Waals surface area contributed by atoms with E-state index < -0.39 is 27.8 Å². The van der Waals surface area contributed by atoms with Gasteiger partial charge in [-0.2, -0.15) is 0 Å². The number of carbonyl (C=O) groups excluding carboxylic acids is 1. The maximum absolute atomic E-state index is 12.1. The van der Waals surface area contributed by atoms with Crippen molar-refractivity contribution >= 4 is 21.7 Å². The SMILES string of the molecule is CCCCS(=O)(=O)c1ccc(C(=O)N[C@@H](C(=O)O)C(C)C)cc1. The highest BCUT2D eigenvalue weighted by Crippen LogP contribution is 2.14. The summed E-state index contributed by atoms with van der Waals surface area (Å²) in [7, 11) is -3.34. The van der Waals surface area contributed by atoms with Crippen LogP contribution in [-0.2, 0) is 14.6 Å². The molecule has 6 nitrogen and oxygen atoms in total. The zero-order valence-corrected chi connectivity index (χ0v) is 14.4. The number of carboxylic acid groups (broad SMARTS) is 1. The Balaban J connectivity index is 2.88. The van der Waals surface area contributed by atoms with Crippen molar-refractivity contribution in [3.63, 3.8) is 0 Å². The minimum atomic E-state index is -3.34. The molecule has 1 rings (SSSR count). The molecule has 1 amide bonds. The van der Waals surface area contributed by atoms with E-state index >= 15 is 0 Å². The zero-order valence-electron chi connectivity index (χ0n) is 13.6.